The fourth-order valence-corrected chi connectivity index (χ4v) is 1.75. The SMILES string of the molecule is CCOC(=O)C(C)(C)CCCc1cc[c]cc1. The topological polar surface area (TPSA) is 26.3 Å². The Labute approximate surface area is 104 Å². The van der Waals surface area contributed by atoms with Crippen LogP contribution in [0.25, 0.3) is 0 Å². The quantitative estimate of drug-likeness (QED) is 0.704. The van der Waals surface area contributed by atoms with Crippen molar-refractivity contribution >= 4 is 5.97 Å². The van der Waals surface area contributed by atoms with Crippen molar-refractivity contribution in [1.82, 2.24) is 0 Å². The van der Waals surface area contributed by atoms with E-state index in [1.165, 1.54) is 5.56 Å². The second-order valence-electron chi connectivity index (χ2n) is 4.87. The van der Waals surface area contributed by atoms with Crippen LogP contribution in [0.3, 0.4) is 0 Å². The third kappa shape index (κ3) is 4.59. The van der Waals surface area contributed by atoms with Crippen molar-refractivity contribution in [3.05, 3.63) is 35.9 Å². The van der Waals surface area contributed by atoms with Crippen LogP contribution in [0.1, 0.15) is 39.2 Å². The molecule has 0 aliphatic carbocycles. The summed E-state index contributed by atoms with van der Waals surface area (Å²) in [5, 5.41) is 0. The van der Waals surface area contributed by atoms with E-state index in [-0.39, 0.29) is 11.4 Å². The average Bonchev–Trinajstić information content (AvgIpc) is 2.30. The van der Waals surface area contributed by atoms with Gasteiger partial charge in [0.05, 0.1) is 12.0 Å². The van der Waals surface area contributed by atoms with Gasteiger partial charge in [-0.2, -0.15) is 0 Å². The van der Waals surface area contributed by atoms with Gasteiger partial charge in [-0.05, 0) is 51.7 Å². The highest BCUT2D eigenvalue weighted by molar-refractivity contribution is 5.75. The van der Waals surface area contributed by atoms with Crippen molar-refractivity contribution in [3.63, 3.8) is 0 Å². The number of aryl methyl sites for hydroxylation is 1. The van der Waals surface area contributed by atoms with Gasteiger partial charge in [-0.15, -0.1) is 0 Å². The van der Waals surface area contributed by atoms with E-state index in [0.29, 0.717) is 6.61 Å². The van der Waals surface area contributed by atoms with Crippen LogP contribution in [0.5, 0.6) is 0 Å². The van der Waals surface area contributed by atoms with Gasteiger partial charge in [0.1, 0.15) is 0 Å². The van der Waals surface area contributed by atoms with Gasteiger partial charge in [0.15, 0.2) is 0 Å². The average molecular weight is 233 g/mol. The molecule has 1 aromatic rings. The van der Waals surface area contributed by atoms with Crippen molar-refractivity contribution in [2.45, 2.75) is 40.0 Å². The molecular formula is C15H21O2. The van der Waals surface area contributed by atoms with Gasteiger partial charge in [-0.3, -0.25) is 4.79 Å². The van der Waals surface area contributed by atoms with Crippen LogP contribution in [0, 0.1) is 11.5 Å². The van der Waals surface area contributed by atoms with Gasteiger partial charge >= 0.3 is 5.97 Å². The van der Waals surface area contributed by atoms with Gasteiger partial charge in [0.25, 0.3) is 0 Å². The molecule has 0 N–H and O–H groups in total. The largest absolute Gasteiger partial charge is 0.466 e. The van der Waals surface area contributed by atoms with E-state index in [0.717, 1.165) is 19.3 Å². The zero-order chi connectivity index (χ0) is 12.7. The lowest BCUT2D eigenvalue weighted by molar-refractivity contribution is -0.153. The first-order chi connectivity index (χ1) is 8.06. The van der Waals surface area contributed by atoms with Crippen molar-refractivity contribution in [3.8, 4) is 0 Å². The number of rotatable bonds is 6. The number of hydrogen-bond acceptors (Lipinski definition) is 2. The summed E-state index contributed by atoms with van der Waals surface area (Å²) in [6.45, 7) is 6.19. The first kappa shape index (κ1) is 13.8. The van der Waals surface area contributed by atoms with Gasteiger partial charge in [0.2, 0.25) is 0 Å². The molecular weight excluding hydrogens is 212 g/mol. The summed E-state index contributed by atoms with van der Waals surface area (Å²) in [6, 6.07) is 11.0. The number of carbonyl (C=O) groups excluding carboxylic acids is 1. The van der Waals surface area contributed by atoms with Crippen LogP contribution in [-0.2, 0) is 16.0 Å². The number of benzene rings is 1. The summed E-state index contributed by atoms with van der Waals surface area (Å²) in [6.07, 6.45) is 2.85. The summed E-state index contributed by atoms with van der Waals surface area (Å²) in [5.74, 6) is -0.0959. The maximum Gasteiger partial charge on any atom is 0.311 e. The number of hydrogen-bond donors (Lipinski definition) is 0. The predicted octanol–water partition coefficient (Wildman–Crippen LogP) is 3.40. The summed E-state index contributed by atoms with van der Waals surface area (Å²) in [4.78, 5) is 11.7. The van der Waals surface area contributed by atoms with E-state index in [1.54, 1.807) is 0 Å². The zero-order valence-corrected chi connectivity index (χ0v) is 11.0. The molecule has 0 aromatic heterocycles. The number of ether oxygens (including phenoxy) is 1. The Morgan fingerprint density at radius 2 is 2.00 bits per heavy atom. The van der Waals surface area contributed by atoms with Crippen LogP contribution >= 0.6 is 0 Å². The molecule has 0 saturated carbocycles. The molecule has 1 aromatic carbocycles. The summed E-state index contributed by atoms with van der Waals surface area (Å²) < 4.78 is 5.07. The van der Waals surface area contributed by atoms with E-state index in [4.69, 9.17) is 4.74 Å². The lowest BCUT2D eigenvalue weighted by Gasteiger charge is -2.21. The third-order valence-corrected chi connectivity index (χ3v) is 2.88. The van der Waals surface area contributed by atoms with Crippen LogP contribution in [0.2, 0.25) is 0 Å². The van der Waals surface area contributed by atoms with Gasteiger partial charge in [-0.1, -0.05) is 24.3 Å². The molecule has 0 atom stereocenters. The van der Waals surface area contributed by atoms with Crippen molar-refractivity contribution in [2.75, 3.05) is 6.61 Å². The number of esters is 1. The fourth-order valence-electron chi connectivity index (χ4n) is 1.75. The Morgan fingerprint density at radius 3 is 2.59 bits per heavy atom. The second kappa shape index (κ2) is 6.43. The minimum absolute atomic E-state index is 0.0959. The minimum Gasteiger partial charge on any atom is -0.466 e. The molecule has 0 unspecified atom stereocenters. The number of carbonyl (C=O) groups is 1. The molecule has 0 aliphatic heterocycles. The molecule has 0 fully saturated rings. The normalized spacial score (nSPS) is 11.2. The van der Waals surface area contributed by atoms with Crippen molar-refractivity contribution < 1.29 is 9.53 Å². The summed E-state index contributed by atoms with van der Waals surface area (Å²) in [7, 11) is 0. The second-order valence-corrected chi connectivity index (χ2v) is 4.87. The van der Waals surface area contributed by atoms with E-state index >= 15 is 0 Å². The fraction of sp³-hybridized carbons (Fsp3) is 0.533. The summed E-state index contributed by atoms with van der Waals surface area (Å²) in [5.41, 5.74) is 0.917. The van der Waals surface area contributed by atoms with Gasteiger partial charge in [0, 0.05) is 0 Å². The van der Waals surface area contributed by atoms with Crippen LogP contribution < -0.4 is 0 Å². The molecule has 0 spiro atoms. The molecule has 0 heterocycles. The first-order valence-electron chi connectivity index (χ1n) is 6.18. The lowest BCUT2D eigenvalue weighted by Crippen LogP contribution is -2.26. The van der Waals surface area contributed by atoms with Crippen LogP contribution in [0.15, 0.2) is 24.3 Å². The highest BCUT2D eigenvalue weighted by atomic mass is 16.5. The van der Waals surface area contributed by atoms with E-state index < -0.39 is 0 Å². The molecule has 0 aliphatic rings. The first-order valence-corrected chi connectivity index (χ1v) is 6.18. The standard InChI is InChI=1S/C15H21O2/c1-4-17-14(16)15(2,3)12-8-11-13-9-6-5-7-10-13/h6-7,9-10H,4,8,11-12H2,1-3H3. The molecule has 0 bridgehead atoms. The van der Waals surface area contributed by atoms with Crippen LogP contribution in [-0.4, -0.2) is 12.6 Å². The molecule has 1 radical (unpaired) electrons. The zero-order valence-electron chi connectivity index (χ0n) is 11.0. The lowest BCUT2D eigenvalue weighted by atomic mass is 9.86. The molecule has 93 valence electrons. The molecule has 2 nitrogen and oxygen atoms in total. The highest BCUT2D eigenvalue weighted by Crippen LogP contribution is 2.25. The molecule has 1 rings (SSSR count). The van der Waals surface area contributed by atoms with Crippen molar-refractivity contribution in [2.24, 2.45) is 5.41 Å². The third-order valence-electron chi connectivity index (χ3n) is 2.88. The Morgan fingerprint density at radius 1 is 1.35 bits per heavy atom. The predicted molar refractivity (Wildman–Crippen MR) is 68.6 cm³/mol. The van der Waals surface area contributed by atoms with Crippen LogP contribution in [0.4, 0.5) is 0 Å². The Kier molecular flexibility index (Phi) is 5.20. The van der Waals surface area contributed by atoms with E-state index in [2.05, 4.69) is 18.2 Å². The monoisotopic (exact) mass is 233 g/mol. The van der Waals surface area contributed by atoms with Gasteiger partial charge in [-0.25, -0.2) is 0 Å². The Bertz CT molecular complexity index is 341. The molecule has 0 amide bonds. The molecule has 0 saturated heterocycles. The maximum absolute atomic E-state index is 11.7. The van der Waals surface area contributed by atoms with Gasteiger partial charge < -0.3 is 4.74 Å². The maximum atomic E-state index is 11.7. The van der Waals surface area contributed by atoms with E-state index in [9.17, 15) is 4.79 Å². The Hall–Kier alpha value is -1.31. The minimum atomic E-state index is -0.378. The molecule has 2 heteroatoms. The highest BCUT2D eigenvalue weighted by Gasteiger charge is 2.28. The van der Waals surface area contributed by atoms with E-state index in [1.807, 2.05) is 32.9 Å². The van der Waals surface area contributed by atoms with Crippen molar-refractivity contribution in [1.29, 1.82) is 0 Å². The summed E-state index contributed by atoms with van der Waals surface area (Å²) >= 11 is 0. The smallest absolute Gasteiger partial charge is 0.311 e. The Balaban J connectivity index is 2.37. The molecule has 17 heavy (non-hydrogen) atoms.